The van der Waals surface area contributed by atoms with Crippen LogP contribution in [0.3, 0.4) is 0 Å². The molecule has 2 N–H and O–H groups in total. The van der Waals surface area contributed by atoms with Crippen molar-refractivity contribution in [2.24, 2.45) is 5.73 Å². The molecule has 2 aromatic rings. The Morgan fingerprint density at radius 2 is 2.15 bits per heavy atom. The van der Waals surface area contributed by atoms with E-state index in [1.807, 2.05) is 25.1 Å². The number of halogens is 1. The molecule has 0 spiro atoms. The molecule has 68 valence electrons. The van der Waals surface area contributed by atoms with E-state index in [-0.39, 0.29) is 6.04 Å². The third-order valence-electron chi connectivity index (χ3n) is 1.95. The van der Waals surface area contributed by atoms with E-state index in [0.717, 1.165) is 16.7 Å². The van der Waals surface area contributed by atoms with Crippen molar-refractivity contribution in [3.05, 3.63) is 35.0 Å². The SMILES string of the molecule is C[C@@H](N)c1cc2cc(Cl)ccc2o1. The van der Waals surface area contributed by atoms with Crippen molar-refractivity contribution in [1.29, 1.82) is 0 Å². The van der Waals surface area contributed by atoms with Crippen LogP contribution in [0.25, 0.3) is 11.0 Å². The van der Waals surface area contributed by atoms with Gasteiger partial charge in [-0.05, 0) is 31.2 Å². The maximum atomic E-state index is 5.83. The molecule has 0 unspecified atom stereocenters. The molecular formula is C10H10ClNO. The smallest absolute Gasteiger partial charge is 0.134 e. The first-order chi connectivity index (χ1) is 6.16. The Hall–Kier alpha value is -0.990. The van der Waals surface area contributed by atoms with Gasteiger partial charge in [-0.1, -0.05) is 11.6 Å². The van der Waals surface area contributed by atoms with Crippen LogP contribution in [0.4, 0.5) is 0 Å². The lowest BCUT2D eigenvalue weighted by Crippen LogP contribution is -2.02. The fraction of sp³-hybridized carbons (Fsp3) is 0.200. The largest absolute Gasteiger partial charge is 0.459 e. The van der Waals surface area contributed by atoms with Crippen LogP contribution in [-0.4, -0.2) is 0 Å². The number of hydrogen-bond acceptors (Lipinski definition) is 2. The Labute approximate surface area is 81.3 Å². The maximum absolute atomic E-state index is 5.83. The normalized spacial score (nSPS) is 13.5. The second-order valence-corrected chi connectivity index (χ2v) is 3.56. The zero-order chi connectivity index (χ0) is 9.42. The lowest BCUT2D eigenvalue weighted by Gasteiger charge is -1.96. The first-order valence-corrected chi connectivity index (χ1v) is 4.49. The van der Waals surface area contributed by atoms with Gasteiger partial charge in [0.2, 0.25) is 0 Å². The summed E-state index contributed by atoms with van der Waals surface area (Å²) in [4.78, 5) is 0. The van der Waals surface area contributed by atoms with Crippen molar-refractivity contribution >= 4 is 22.6 Å². The molecule has 0 saturated carbocycles. The molecule has 0 amide bonds. The summed E-state index contributed by atoms with van der Waals surface area (Å²) in [5.41, 5.74) is 6.52. The zero-order valence-corrected chi connectivity index (χ0v) is 8.01. The van der Waals surface area contributed by atoms with E-state index in [0.29, 0.717) is 5.02 Å². The predicted molar refractivity (Wildman–Crippen MR) is 53.8 cm³/mol. The Morgan fingerprint density at radius 3 is 2.85 bits per heavy atom. The van der Waals surface area contributed by atoms with Crippen molar-refractivity contribution in [2.75, 3.05) is 0 Å². The van der Waals surface area contributed by atoms with Crippen LogP contribution in [0, 0.1) is 0 Å². The second kappa shape index (κ2) is 3.05. The third-order valence-corrected chi connectivity index (χ3v) is 2.18. The summed E-state index contributed by atoms with van der Waals surface area (Å²) in [5, 5.41) is 1.71. The zero-order valence-electron chi connectivity index (χ0n) is 7.25. The molecule has 0 aliphatic carbocycles. The van der Waals surface area contributed by atoms with Crippen molar-refractivity contribution in [3.63, 3.8) is 0 Å². The van der Waals surface area contributed by atoms with Crippen LogP contribution in [0.15, 0.2) is 28.7 Å². The van der Waals surface area contributed by atoms with Gasteiger partial charge >= 0.3 is 0 Å². The average Bonchev–Trinajstić information content (AvgIpc) is 2.46. The molecule has 2 nitrogen and oxygen atoms in total. The topological polar surface area (TPSA) is 39.2 Å². The van der Waals surface area contributed by atoms with Gasteiger partial charge in [-0.15, -0.1) is 0 Å². The molecule has 2 rings (SSSR count). The van der Waals surface area contributed by atoms with Gasteiger partial charge < -0.3 is 10.2 Å². The molecule has 0 bridgehead atoms. The quantitative estimate of drug-likeness (QED) is 0.760. The minimum atomic E-state index is -0.0776. The van der Waals surface area contributed by atoms with Gasteiger partial charge in [-0.25, -0.2) is 0 Å². The highest BCUT2D eigenvalue weighted by molar-refractivity contribution is 6.31. The maximum Gasteiger partial charge on any atom is 0.134 e. The van der Waals surface area contributed by atoms with E-state index < -0.39 is 0 Å². The number of fused-ring (bicyclic) bond motifs is 1. The molecule has 0 radical (unpaired) electrons. The van der Waals surface area contributed by atoms with Crippen molar-refractivity contribution < 1.29 is 4.42 Å². The van der Waals surface area contributed by atoms with E-state index in [1.165, 1.54) is 0 Å². The number of furan rings is 1. The van der Waals surface area contributed by atoms with Crippen LogP contribution >= 0.6 is 11.6 Å². The molecule has 13 heavy (non-hydrogen) atoms. The van der Waals surface area contributed by atoms with Gasteiger partial charge in [0.15, 0.2) is 0 Å². The van der Waals surface area contributed by atoms with Crippen LogP contribution in [0.5, 0.6) is 0 Å². The lowest BCUT2D eigenvalue weighted by atomic mass is 10.2. The van der Waals surface area contributed by atoms with Gasteiger partial charge in [-0.3, -0.25) is 0 Å². The molecule has 3 heteroatoms. The minimum absolute atomic E-state index is 0.0776. The minimum Gasteiger partial charge on any atom is -0.459 e. The molecule has 0 fully saturated rings. The summed E-state index contributed by atoms with van der Waals surface area (Å²) < 4.78 is 5.50. The van der Waals surface area contributed by atoms with Crippen LogP contribution < -0.4 is 5.73 Å². The number of hydrogen-bond donors (Lipinski definition) is 1. The Bertz CT molecular complexity index is 433. The van der Waals surface area contributed by atoms with E-state index in [9.17, 15) is 0 Å². The van der Waals surface area contributed by atoms with E-state index in [1.54, 1.807) is 6.07 Å². The summed E-state index contributed by atoms with van der Waals surface area (Å²) in [6.07, 6.45) is 0. The van der Waals surface area contributed by atoms with Crippen LogP contribution in [0.1, 0.15) is 18.7 Å². The monoisotopic (exact) mass is 195 g/mol. The molecule has 1 aromatic heterocycles. The summed E-state index contributed by atoms with van der Waals surface area (Å²) in [6.45, 7) is 1.89. The fourth-order valence-electron chi connectivity index (χ4n) is 1.26. The standard InChI is InChI=1S/C10H10ClNO/c1-6(12)10-5-7-4-8(11)2-3-9(7)13-10/h2-6H,12H2,1H3/t6-/m1/s1. The van der Waals surface area contributed by atoms with E-state index in [2.05, 4.69) is 0 Å². The third kappa shape index (κ3) is 1.55. The highest BCUT2D eigenvalue weighted by atomic mass is 35.5. The van der Waals surface area contributed by atoms with Crippen LogP contribution in [-0.2, 0) is 0 Å². The van der Waals surface area contributed by atoms with E-state index in [4.69, 9.17) is 21.8 Å². The Morgan fingerprint density at radius 1 is 1.38 bits per heavy atom. The number of rotatable bonds is 1. The first-order valence-electron chi connectivity index (χ1n) is 4.11. The summed E-state index contributed by atoms with van der Waals surface area (Å²) in [7, 11) is 0. The van der Waals surface area contributed by atoms with E-state index >= 15 is 0 Å². The highest BCUT2D eigenvalue weighted by Crippen LogP contribution is 2.25. The lowest BCUT2D eigenvalue weighted by molar-refractivity contribution is 0.513. The molecule has 1 aromatic carbocycles. The molecule has 1 heterocycles. The van der Waals surface area contributed by atoms with Gasteiger partial charge in [0, 0.05) is 10.4 Å². The van der Waals surface area contributed by atoms with Crippen molar-refractivity contribution in [3.8, 4) is 0 Å². The summed E-state index contributed by atoms with van der Waals surface area (Å²) in [5.74, 6) is 0.789. The van der Waals surface area contributed by atoms with Gasteiger partial charge in [0.25, 0.3) is 0 Å². The van der Waals surface area contributed by atoms with Gasteiger partial charge in [0.1, 0.15) is 11.3 Å². The summed E-state index contributed by atoms with van der Waals surface area (Å²) >= 11 is 5.83. The number of benzene rings is 1. The van der Waals surface area contributed by atoms with Crippen molar-refractivity contribution in [1.82, 2.24) is 0 Å². The van der Waals surface area contributed by atoms with Gasteiger partial charge in [-0.2, -0.15) is 0 Å². The molecular weight excluding hydrogens is 186 g/mol. The first kappa shape index (κ1) is 8.60. The second-order valence-electron chi connectivity index (χ2n) is 3.12. The molecule has 0 saturated heterocycles. The molecule has 0 aliphatic rings. The Kier molecular flexibility index (Phi) is 2.02. The number of nitrogens with two attached hydrogens (primary N) is 1. The molecule has 1 atom stereocenters. The van der Waals surface area contributed by atoms with Crippen LogP contribution in [0.2, 0.25) is 5.02 Å². The van der Waals surface area contributed by atoms with Crippen molar-refractivity contribution in [2.45, 2.75) is 13.0 Å². The summed E-state index contributed by atoms with van der Waals surface area (Å²) in [6, 6.07) is 7.37. The highest BCUT2D eigenvalue weighted by Gasteiger charge is 2.07. The molecule has 0 aliphatic heterocycles. The predicted octanol–water partition coefficient (Wildman–Crippen LogP) is 3.11. The fourth-order valence-corrected chi connectivity index (χ4v) is 1.44. The van der Waals surface area contributed by atoms with Gasteiger partial charge in [0.05, 0.1) is 6.04 Å². The average molecular weight is 196 g/mol. The Balaban J connectivity index is 2.62.